The van der Waals surface area contributed by atoms with Gasteiger partial charge in [-0.25, -0.2) is 0 Å². The van der Waals surface area contributed by atoms with E-state index in [1.807, 2.05) is 0 Å². The number of carbonyl (C=O) groups excluding carboxylic acids is 1. The van der Waals surface area contributed by atoms with E-state index in [1.54, 1.807) is 7.05 Å². The summed E-state index contributed by atoms with van der Waals surface area (Å²) < 4.78 is 0. The Kier molecular flexibility index (Phi) is 0.662. The van der Waals surface area contributed by atoms with Crippen molar-refractivity contribution in [1.82, 2.24) is 4.90 Å². The molecule has 0 spiro atoms. The van der Waals surface area contributed by atoms with Gasteiger partial charge in [0.1, 0.15) is 5.72 Å². The van der Waals surface area contributed by atoms with Crippen LogP contribution in [0.1, 0.15) is 12.8 Å². The van der Waals surface area contributed by atoms with Gasteiger partial charge in [-0.15, -0.1) is 0 Å². The van der Waals surface area contributed by atoms with Crippen molar-refractivity contribution in [2.45, 2.75) is 18.6 Å². The Hall–Kier alpha value is -0.570. The van der Waals surface area contributed by atoms with Gasteiger partial charge in [0.05, 0.1) is 0 Å². The average Bonchev–Trinajstić information content (AvgIpc) is 2.36. The second-order valence-electron chi connectivity index (χ2n) is 2.94. The molecule has 0 aromatic rings. The molecule has 1 aliphatic carbocycles. The Morgan fingerprint density at radius 1 is 1.89 bits per heavy atom. The number of fused-ring (bicyclic) bond motifs is 1. The van der Waals surface area contributed by atoms with Crippen molar-refractivity contribution in [3.05, 3.63) is 0 Å². The van der Waals surface area contributed by atoms with Gasteiger partial charge in [0, 0.05) is 25.8 Å². The molecule has 2 aliphatic rings. The Morgan fingerprint density at radius 3 is 2.78 bits per heavy atom. The standard InChI is InChI=1S/C6H9NO2/c1-7-5(8)2-4-3-6(4,7)9/h4,9H,2-3H2,1H3. The van der Waals surface area contributed by atoms with Crippen molar-refractivity contribution in [2.24, 2.45) is 5.92 Å². The summed E-state index contributed by atoms with van der Waals surface area (Å²) in [5.41, 5.74) is -0.725. The van der Waals surface area contributed by atoms with Gasteiger partial charge in [-0.3, -0.25) is 4.79 Å². The number of amides is 1. The maximum absolute atomic E-state index is 10.8. The minimum Gasteiger partial charge on any atom is -0.370 e. The predicted molar refractivity (Wildman–Crippen MR) is 30.4 cm³/mol. The largest absolute Gasteiger partial charge is 0.370 e. The van der Waals surface area contributed by atoms with Crippen molar-refractivity contribution in [3.63, 3.8) is 0 Å². The molecular weight excluding hydrogens is 118 g/mol. The van der Waals surface area contributed by atoms with Crippen LogP contribution in [0.15, 0.2) is 0 Å². The van der Waals surface area contributed by atoms with E-state index in [0.717, 1.165) is 6.42 Å². The zero-order chi connectivity index (χ0) is 6.65. The molecule has 1 heterocycles. The van der Waals surface area contributed by atoms with Gasteiger partial charge in [-0.05, 0) is 0 Å². The Morgan fingerprint density at radius 2 is 2.56 bits per heavy atom. The van der Waals surface area contributed by atoms with Crippen molar-refractivity contribution in [3.8, 4) is 0 Å². The van der Waals surface area contributed by atoms with Gasteiger partial charge in [0.2, 0.25) is 5.91 Å². The fourth-order valence-electron chi connectivity index (χ4n) is 1.51. The fraction of sp³-hybridized carbons (Fsp3) is 0.833. The summed E-state index contributed by atoms with van der Waals surface area (Å²) in [6.45, 7) is 0. The minimum absolute atomic E-state index is 0.0775. The molecule has 2 unspecified atom stereocenters. The van der Waals surface area contributed by atoms with Crippen LogP contribution in [0, 0.1) is 5.92 Å². The monoisotopic (exact) mass is 127 g/mol. The number of hydrogen-bond acceptors (Lipinski definition) is 2. The highest BCUT2D eigenvalue weighted by Crippen LogP contribution is 2.52. The second kappa shape index (κ2) is 1.14. The van der Waals surface area contributed by atoms with E-state index < -0.39 is 5.72 Å². The summed E-state index contributed by atoms with van der Waals surface area (Å²) in [6.07, 6.45) is 1.34. The van der Waals surface area contributed by atoms with Gasteiger partial charge in [0.15, 0.2) is 0 Å². The van der Waals surface area contributed by atoms with E-state index in [-0.39, 0.29) is 11.8 Å². The highest BCUT2D eigenvalue weighted by Gasteiger charge is 2.63. The molecule has 1 saturated carbocycles. The van der Waals surface area contributed by atoms with Gasteiger partial charge in [0.25, 0.3) is 0 Å². The molecule has 0 aromatic heterocycles. The molecule has 50 valence electrons. The Balaban J connectivity index is 2.27. The average molecular weight is 127 g/mol. The van der Waals surface area contributed by atoms with Crippen molar-refractivity contribution >= 4 is 5.91 Å². The van der Waals surface area contributed by atoms with Gasteiger partial charge < -0.3 is 10.0 Å². The number of hydrogen-bond donors (Lipinski definition) is 1. The number of piperidine rings is 1. The van der Waals surface area contributed by atoms with E-state index in [2.05, 4.69) is 0 Å². The van der Waals surface area contributed by atoms with E-state index in [4.69, 9.17) is 0 Å². The lowest BCUT2D eigenvalue weighted by atomic mass is 10.3. The Bertz CT molecular complexity index is 180. The van der Waals surface area contributed by atoms with Crippen molar-refractivity contribution in [2.75, 3.05) is 7.05 Å². The van der Waals surface area contributed by atoms with Crippen LogP contribution in [-0.4, -0.2) is 28.7 Å². The summed E-state index contributed by atoms with van der Waals surface area (Å²) in [5.74, 6) is 0.323. The minimum atomic E-state index is -0.725. The first-order valence-corrected chi connectivity index (χ1v) is 3.13. The van der Waals surface area contributed by atoms with Crippen LogP contribution in [0.5, 0.6) is 0 Å². The summed E-state index contributed by atoms with van der Waals surface area (Å²) >= 11 is 0. The maximum Gasteiger partial charge on any atom is 0.225 e. The third kappa shape index (κ3) is 0.435. The molecular formula is C6H9NO2. The molecule has 1 saturated heterocycles. The molecule has 0 aromatic carbocycles. The molecule has 2 rings (SSSR count). The highest BCUT2D eigenvalue weighted by molar-refractivity contribution is 5.81. The highest BCUT2D eigenvalue weighted by atomic mass is 16.3. The third-order valence-corrected chi connectivity index (χ3v) is 2.42. The number of likely N-dealkylation sites (tertiary alicyclic amines) is 1. The van der Waals surface area contributed by atoms with E-state index >= 15 is 0 Å². The lowest BCUT2D eigenvalue weighted by Crippen LogP contribution is -2.33. The van der Waals surface area contributed by atoms with Crippen molar-refractivity contribution in [1.29, 1.82) is 0 Å². The van der Waals surface area contributed by atoms with Gasteiger partial charge in [-0.1, -0.05) is 0 Å². The maximum atomic E-state index is 10.8. The SMILES string of the molecule is CN1C(=O)CC2CC21O. The number of carbonyl (C=O) groups is 1. The lowest BCUT2D eigenvalue weighted by molar-refractivity contribution is -0.135. The first-order chi connectivity index (χ1) is 4.14. The number of rotatable bonds is 0. The van der Waals surface area contributed by atoms with E-state index in [9.17, 15) is 9.90 Å². The van der Waals surface area contributed by atoms with Crippen LogP contribution in [-0.2, 0) is 4.79 Å². The Labute approximate surface area is 53.3 Å². The molecule has 0 radical (unpaired) electrons. The first-order valence-electron chi connectivity index (χ1n) is 3.13. The number of aliphatic hydroxyl groups is 1. The molecule has 9 heavy (non-hydrogen) atoms. The molecule has 2 fully saturated rings. The molecule has 1 amide bonds. The predicted octanol–water partition coefficient (Wildman–Crippen LogP) is -0.443. The van der Waals surface area contributed by atoms with Crippen LogP contribution in [0.4, 0.5) is 0 Å². The van der Waals surface area contributed by atoms with Crippen LogP contribution >= 0.6 is 0 Å². The summed E-state index contributed by atoms with van der Waals surface area (Å²) in [4.78, 5) is 12.2. The van der Waals surface area contributed by atoms with Gasteiger partial charge in [-0.2, -0.15) is 0 Å². The van der Waals surface area contributed by atoms with Crippen LogP contribution in [0.3, 0.4) is 0 Å². The summed E-state index contributed by atoms with van der Waals surface area (Å²) in [5, 5.41) is 9.41. The number of nitrogens with zero attached hydrogens (tertiary/aromatic N) is 1. The molecule has 1 N–H and O–H groups in total. The molecule has 0 bridgehead atoms. The molecule has 3 heteroatoms. The van der Waals surface area contributed by atoms with Crippen LogP contribution in [0.25, 0.3) is 0 Å². The fourth-order valence-corrected chi connectivity index (χ4v) is 1.51. The zero-order valence-electron chi connectivity index (χ0n) is 5.29. The molecule has 3 nitrogen and oxygen atoms in total. The van der Waals surface area contributed by atoms with Crippen LogP contribution < -0.4 is 0 Å². The van der Waals surface area contributed by atoms with Gasteiger partial charge >= 0.3 is 0 Å². The van der Waals surface area contributed by atoms with E-state index in [1.165, 1.54) is 4.90 Å². The normalized spacial score (nSPS) is 47.6. The lowest BCUT2D eigenvalue weighted by Gasteiger charge is -2.17. The topological polar surface area (TPSA) is 40.5 Å². The second-order valence-corrected chi connectivity index (χ2v) is 2.94. The summed E-state index contributed by atoms with van der Waals surface area (Å²) in [6, 6.07) is 0. The van der Waals surface area contributed by atoms with Crippen molar-refractivity contribution < 1.29 is 9.90 Å². The quantitative estimate of drug-likeness (QED) is 0.479. The molecule has 2 atom stereocenters. The zero-order valence-corrected chi connectivity index (χ0v) is 5.29. The molecule has 1 aliphatic heterocycles. The smallest absolute Gasteiger partial charge is 0.225 e. The van der Waals surface area contributed by atoms with Crippen LogP contribution in [0.2, 0.25) is 0 Å². The first kappa shape index (κ1) is 5.23. The van der Waals surface area contributed by atoms with E-state index in [0.29, 0.717) is 6.42 Å². The third-order valence-electron chi connectivity index (χ3n) is 2.42. The summed E-state index contributed by atoms with van der Waals surface area (Å²) in [7, 11) is 1.66.